The number of nitrogens with zero attached hydrogens (tertiary/aromatic N) is 3. The quantitative estimate of drug-likeness (QED) is 0.431. The number of Topliss-reactive ketones (excluding diaryl/α,β-unsaturated/α-hetero) is 1. The van der Waals surface area contributed by atoms with Gasteiger partial charge in [0.1, 0.15) is 6.04 Å². The van der Waals surface area contributed by atoms with Gasteiger partial charge in [0.05, 0.1) is 0 Å². The maximum absolute atomic E-state index is 12.9. The highest BCUT2D eigenvalue weighted by molar-refractivity contribution is 7.98. The SMILES string of the molecule is CCC(C(=O)Nc1ccc(C(C)=O)cc1)n1c(N)nnc1SCc1ccccc1. The Bertz CT molecular complexity index is 986. The first-order chi connectivity index (χ1) is 14.0. The molecule has 0 aliphatic rings. The third-order valence-corrected chi connectivity index (χ3v) is 5.48. The summed E-state index contributed by atoms with van der Waals surface area (Å²) >= 11 is 1.49. The van der Waals surface area contributed by atoms with Gasteiger partial charge in [0.2, 0.25) is 11.9 Å². The van der Waals surface area contributed by atoms with Crippen molar-refractivity contribution in [2.24, 2.45) is 0 Å². The molecule has 0 radical (unpaired) electrons. The molecule has 2 aromatic carbocycles. The Balaban J connectivity index is 1.75. The van der Waals surface area contributed by atoms with Gasteiger partial charge in [0.15, 0.2) is 10.9 Å². The van der Waals surface area contributed by atoms with Crippen LogP contribution in [0, 0.1) is 0 Å². The number of rotatable bonds is 8. The van der Waals surface area contributed by atoms with Crippen LogP contribution >= 0.6 is 11.8 Å². The molecule has 29 heavy (non-hydrogen) atoms. The van der Waals surface area contributed by atoms with Crippen LogP contribution in [0.4, 0.5) is 11.6 Å². The summed E-state index contributed by atoms with van der Waals surface area (Å²) in [6.45, 7) is 3.42. The van der Waals surface area contributed by atoms with Crippen LogP contribution in [-0.2, 0) is 10.5 Å². The van der Waals surface area contributed by atoms with E-state index in [0.717, 1.165) is 5.56 Å². The maximum Gasteiger partial charge on any atom is 0.247 e. The molecule has 8 heteroatoms. The minimum atomic E-state index is -0.546. The smallest absolute Gasteiger partial charge is 0.247 e. The van der Waals surface area contributed by atoms with E-state index in [1.54, 1.807) is 28.8 Å². The standard InChI is InChI=1S/C21H23N5O2S/c1-3-18(19(28)23-17-11-9-16(10-12-17)14(2)27)26-20(22)24-25-21(26)29-13-15-7-5-4-6-8-15/h4-12,18H,3,13H2,1-2H3,(H2,22,24)(H,23,28). The number of anilines is 2. The molecule has 3 aromatic rings. The number of ketones is 1. The Labute approximate surface area is 173 Å². The lowest BCUT2D eigenvalue weighted by molar-refractivity contribution is -0.119. The highest BCUT2D eigenvalue weighted by atomic mass is 32.2. The minimum Gasteiger partial charge on any atom is -0.368 e. The van der Waals surface area contributed by atoms with E-state index in [2.05, 4.69) is 15.5 Å². The first-order valence-corrected chi connectivity index (χ1v) is 10.3. The Kier molecular flexibility index (Phi) is 6.66. The van der Waals surface area contributed by atoms with Crippen molar-refractivity contribution >= 4 is 35.1 Å². The van der Waals surface area contributed by atoms with Gasteiger partial charge < -0.3 is 11.1 Å². The molecule has 0 bridgehead atoms. The summed E-state index contributed by atoms with van der Waals surface area (Å²) in [5, 5.41) is 11.6. The fraction of sp³-hybridized carbons (Fsp3) is 0.238. The number of hydrogen-bond donors (Lipinski definition) is 2. The van der Waals surface area contributed by atoms with Gasteiger partial charge >= 0.3 is 0 Å². The molecule has 0 fully saturated rings. The summed E-state index contributed by atoms with van der Waals surface area (Å²) in [4.78, 5) is 24.3. The van der Waals surface area contributed by atoms with Crippen LogP contribution in [0.3, 0.4) is 0 Å². The molecule has 1 amide bonds. The lowest BCUT2D eigenvalue weighted by Crippen LogP contribution is -2.27. The minimum absolute atomic E-state index is 0.0216. The molecule has 0 saturated heterocycles. The fourth-order valence-electron chi connectivity index (χ4n) is 2.90. The molecule has 0 aliphatic heterocycles. The van der Waals surface area contributed by atoms with Crippen molar-refractivity contribution in [2.45, 2.75) is 37.2 Å². The number of nitrogens with one attached hydrogen (secondary N) is 1. The zero-order valence-electron chi connectivity index (χ0n) is 16.3. The summed E-state index contributed by atoms with van der Waals surface area (Å²) in [7, 11) is 0. The van der Waals surface area contributed by atoms with Crippen LogP contribution in [0.5, 0.6) is 0 Å². The molecule has 0 aliphatic carbocycles. The summed E-state index contributed by atoms with van der Waals surface area (Å²) < 4.78 is 1.67. The average molecular weight is 410 g/mol. The summed E-state index contributed by atoms with van der Waals surface area (Å²) in [6, 6.07) is 16.2. The molecule has 1 aromatic heterocycles. The number of nitrogens with two attached hydrogens (primary N) is 1. The Morgan fingerprint density at radius 2 is 1.79 bits per heavy atom. The lowest BCUT2D eigenvalue weighted by atomic mass is 10.1. The number of hydrogen-bond acceptors (Lipinski definition) is 6. The van der Waals surface area contributed by atoms with Crippen LogP contribution in [-0.4, -0.2) is 26.5 Å². The van der Waals surface area contributed by atoms with E-state index in [-0.39, 0.29) is 17.6 Å². The van der Waals surface area contributed by atoms with Crippen molar-refractivity contribution in [1.82, 2.24) is 14.8 Å². The Hall–Kier alpha value is -3.13. The van der Waals surface area contributed by atoms with E-state index < -0.39 is 6.04 Å². The Morgan fingerprint density at radius 3 is 2.41 bits per heavy atom. The van der Waals surface area contributed by atoms with E-state index >= 15 is 0 Å². The second kappa shape index (κ2) is 9.38. The van der Waals surface area contributed by atoms with E-state index in [9.17, 15) is 9.59 Å². The number of carbonyl (C=O) groups excluding carboxylic acids is 2. The molecule has 1 atom stereocenters. The summed E-state index contributed by atoms with van der Waals surface area (Å²) in [5.41, 5.74) is 8.39. The molecule has 150 valence electrons. The topological polar surface area (TPSA) is 103 Å². The lowest BCUT2D eigenvalue weighted by Gasteiger charge is -2.19. The van der Waals surface area contributed by atoms with Crippen LogP contribution in [0.25, 0.3) is 0 Å². The van der Waals surface area contributed by atoms with Gasteiger partial charge in [-0.15, -0.1) is 10.2 Å². The van der Waals surface area contributed by atoms with Gasteiger partial charge in [-0.2, -0.15) is 0 Å². The average Bonchev–Trinajstić information content (AvgIpc) is 3.08. The third kappa shape index (κ3) is 5.03. The molecule has 7 nitrogen and oxygen atoms in total. The normalized spacial score (nSPS) is 11.8. The third-order valence-electron chi connectivity index (χ3n) is 4.46. The summed E-state index contributed by atoms with van der Waals surface area (Å²) in [5.74, 6) is 0.668. The zero-order valence-corrected chi connectivity index (χ0v) is 17.1. The molecule has 1 unspecified atom stereocenters. The second-order valence-corrected chi connectivity index (χ2v) is 7.47. The molecular formula is C21H23N5O2S. The van der Waals surface area contributed by atoms with Crippen LogP contribution < -0.4 is 11.1 Å². The van der Waals surface area contributed by atoms with E-state index in [1.807, 2.05) is 37.3 Å². The largest absolute Gasteiger partial charge is 0.368 e. The van der Waals surface area contributed by atoms with Crippen molar-refractivity contribution in [1.29, 1.82) is 0 Å². The van der Waals surface area contributed by atoms with Crippen molar-refractivity contribution in [3.8, 4) is 0 Å². The van der Waals surface area contributed by atoms with Gasteiger partial charge in [0, 0.05) is 17.0 Å². The van der Waals surface area contributed by atoms with E-state index in [0.29, 0.717) is 28.6 Å². The molecular weight excluding hydrogens is 386 g/mol. The van der Waals surface area contributed by atoms with Crippen molar-refractivity contribution in [3.63, 3.8) is 0 Å². The predicted octanol–water partition coefficient (Wildman–Crippen LogP) is 3.95. The first-order valence-electron chi connectivity index (χ1n) is 9.28. The van der Waals surface area contributed by atoms with Crippen molar-refractivity contribution in [2.75, 3.05) is 11.1 Å². The van der Waals surface area contributed by atoms with E-state index in [1.165, 1.54) is 18.7 Å². The van der Waals surface area contributed by atoms with Crippen molar-refractivity contribution < 1.29 is 9.59 Å². The van der Waals surface area contributed by atoms with Gasteiger partial charge in [0.25, 0.3) is 0 Å². The van der Waals surface area contributed by atoms with Crippen LogP contribution in [0.2, 0.25) is 0 Å². The molecule has 0 saturated carbocycles. The molecule has 1 heterocycles. The number of carbonyl (C=O) groups is 2. The number of nitrogen functional groups attached to an aromatic ring is 1. The maximum atomic E-state index is 12.9. The molecule has 3 rings (SSSR count). The van der Waals surface area contributed by atoms with Crippen molar-refractivity contribution in [3.05, 3.63) is 65.7 Å². The van der Waals surface area contributed by atoms with Gasteiger partial charge in [-0.25, -0.2) is 0 Å². The predicted molar refractivity (Wildman–Crippen MR) is 115 cm³/mol. The van der Waals surface area contributed by atoms with Gasteiger partial charge in [-0.1, -0.05) is 49.0 Å². The Morgan fingerprint density at radius 1 is 1.10 bits per heavy atom. The van der Waals surface area contributed by atoms with Crippen LogP contribution in [0.1, 0.15) is 42.2 Å². The highest BCUT2D eigenvalue weighted by Gasteiger charge is 2.25. The van der Waals surface area contributed by atoms with E-state index in [4.69, 9.17) is 5.73 Å². The van der Waals surface area contributed by atoms with Gasteiger partial charge in [-0.05, 0) is 43.2 Å². The number of benzene rings is 2. The fourth-order valence-corrected chi connectivity index (χ4v) is 3.85. The van der Waals surface area contributed by atoms with Crippen LogP contribution in [0.15, 0.2) is 59.8 Å². The molecule has 0 spiro atoms. The highest BCUT2D eigenvalue weighted by Crippen LogP contribution is 2.28. The second-order valence-electron chi connectivity index (χ2n) is 6.53. The number of thioether (sulfide) groups is 1. The monoisotopic (exact) mass is 409 g/mol. The number of amides is 1. The molecule has 3 N–H and O–H groups in total. The first kappa shape index (κ1) is 20.6. The van der Waals surface area contributed by atoms with Gasteiger partial charge in [-0.3, -0.25) is 14.2 Å². The number of aromatic nitrogens is 3. The summed E-state index contributed by atoms with van der Waals surface area (Å²) in [6.07, 6.45) is 0.526. The zero-order chi connectivity index (χ0) is 20.8.